The molecule has 0 fully saturated rings. The summed E-state index contributed by atoms with van der Waals surface area (Å²) in [7, 11) is -2.14. The summed E-state index contributed by atoms with van der Waals surface area (Å²) in [4.78, 5) is 4.34. The van der Waals surface area contributed by atoms with E-state index < -0.39 is 10.0 Å². The summed E-state index contributed by atoms with van der Waals surface area (Å²) in [5, 5.41) is 2.89. The topological polar surface area (TPSA) is 94.3 Å². The highest BCUT2D eigenvalue weighted by Crippen LogP contribution is 2.23. The van der Waals surface area contributed by atoms with Crippen molar-refractivity contribution in [3.05, 3.63) is 34.3 Å². The molecule has 0 spiro atoms. The summed E-state index contributed by atoms with van der Waals surface area (Å²) in [5.41, 5.74) is 6.80. The summed E-state index contributed by atoms with van der Waals surface area (Å²) >= 11 is 1.54. The summed E-state index contributed by atoms with van der Waals surface area (Å²) in [6.45, 7) is 2.19. The first kappa shape index (κ1) is 15.7. The highest BCUT2D eigenvalue weighted by molar-refractivity contribution is 7.89. The fourth-order valence-electron chi connectivity index (χ4n) is 1.81. The Morgan fingerprint density at radius 1 is 1.43 bits per heavy atom. The zero-order valence-electron chi connectivity index (χ0n) is 11.8. The number of rotatable bonds is 6. The lowest BCUT2D eigenvalue weighted by Crippen LogP contribution is -2.26. The first-order valence-corrected chi connectivity index (χ1v) is 8.63. The molecule has 0 bridgehead atoms. The van der Waals surface area contributed by atoms with Gasteiger partial charge in [-0.3, -0.25) is 0 Å². The Hall–Kier alpha value is -1.64. The van der Waals surface area contributed by atoms with E-state index in [-0.39, 0.29) is 17.1 Å². The fourth-order valence-corrected chi connectivity index (χ4v) is 3.60. The van der Waals surface area contributed by atoms with Crippen LogP contribution in [-0.2, 0) is 16.4 Å². The van der Waals surface area contributed by atoms with Gasteiger partial charge in [-0.1, -0.05) is 0 Å². The molecule has 0 atom stereocenters. The molecule has 8 heteroatoms. The molecule has 0 aliphatic carbocycles. The van der Waals surface area contributed by atoms with Crippen LogP contribution in [0.2, 0.25) is 0 Å². The van der Waals surface area contributed by atoms with Crippen molar-refractivity contribution in [2.45, 2.75) is 18.2 Å². The summed E-state index contributed by atoms with van der Waals surface area (Å²) in [6, 6.07) is 4.48. The van der Waals surface area contributed by atoms with Crippen LogP contribution >= 0.6 is 11.3 Å². The van der Waals surface area contributed by atoms with Gasteiger partial charge in [-0.15, -0.1) is 11.3 Å². The van der Waals surface area contributed by atoms with Crippen LogP contribution in [-0.4, -0.2) is 27.1 Å². The number of aromatic nitrogens is 1. The van der Waals surface area contributed by atoms with Crippen molar-refractivity contribution < 1.29 is 13.2 Å². The Morgan fingerprint density at radius 2 is 2.19 bits per heavy atom. The van der Waals surface area contributed by atoms with E-state index in [9.17, 15) is 8.42 Å². The molecule has 0 saturated carbocycles. The van der Waals surface area contributed by atoms with Crippen molar-refractivity contribution in [1.29, 1.82) is 0 Å². The number of nitrogen functional groups attached to an aromatic ring is 1. The second kappa shape index (κ2) is 6.42. The van der Waals surface area contributed by atoms with E-state index in [0.717, 1.165) is 10.7 Å². The summed E-state index contributed by atoms with van der Waals surface area (Å²) in [6.07, 6.45) is 0.541. The van der Waals surface area contributed by atoms with E-state index in [4.69, 9.17) is 10.5 Å². The Morgan fingerprint density at radius 3 is 2.76 bits per heavy atom. The van der Waals surface area contributed by atoms with Gasteiger partial charge in [-0.25, -0.2) is 18.1 Å². The molecule has 0 aliphatic rings. The quantitative estimate of drug-likeness (QED) is 0.785. The van der Waals surface area contributed by atoms with Crippen LogP contribution in [0.1, 0.15) is 10.7 Å². The van der Waals surface area contributed by atoms with Crippen LogP contribution in [0.25, 0.3) is 0 Å². The lowest BCUT2D eigenvalue weighted by atomic mass is 10.3. The van der Waals surface area contributed by atoms with Crippen LogP contribution in [0.3, 0.4) is 0 Å². The van der Waals surface area contributed by atoms with Crippen molar-refractivity contribution in [3.63, 3.8) is 0 Å². The number of thiazole rings is 1. The number of aryl methyl sites for hydroxylation is 1. The maximum atomic E-state index is 12.2. The molecular weight excluding hydrogens is 310 g/mol. The molecule has 2 aromatic rings. The largest absolute Gasteiger partial charge is 0.497 e. The molecule has 2 rings (SSSR count). The minimum absolute atomic E-state index is 0.0535. The average Bonchev–Trinajstić information content (AvgIpc) is 2.83. The molecule has 0 amide bonds. The Labute approximate surface area is 128 Å². The first-order valence-electron chi connectivity index (χ1n) is 6.26. The third-order valence-electron chi connectivity index (χ3n) is 2.85. The lowest BCUT2D eigenvalue weighted by Gasteiger charge is -2.09. The number of methoxy groups -OCH3 is 1. The molecule has 1 heterocycles. The number of sulfonamides is 1. The number of nitrogens with two attached hydrogens (primary N) is 1. The third kappa shape index (κ3) is 3.93. The van der Waals surface area contributed by atoms with Gasteiger partial charge < -0.3 is 10.5 Å². The summed E-state index contributed by atoms with van der Waals surface area (Å²) in [5.74, 6) is 0.518. The van der Waals surface area contributed by atoms with Gasteiger partial charge in [0.05, 0.1) is 23.5 Å². The van der Waals surface area contributed by atoms with Crippen molar-refractivity contribution >= 4 is 27.0 Å². The van der Waals surface area contributed by atoms with Crippen molar-refractivity contribution in [1.82, 2.24) is 9.71 Å². The van der Waals surface area contributed by atoms with E-state index in [1.54, 1.807) is 17.4 Å². The van der Waals surface area contributed by atoms with Crippen molar-refractivity contribution in [3.8, 4) is 5.75 Å². The molecule has 1 aromatic carbocycles. The van der Waals surface area contributed by atoms with Gasteiger partial charge in [0.1, 0.15) is 10.6 Å². The van der Waals surface area contributed by atoms with E-state index in [1.165, 1.54) is 19.2 Å². The molecular formula is C13H17N3O3S2. The van der Waals surface area contributed by atoms with Gasteiger partial charge in [-0.05, 0) is 19.1 Å². The fraction of sp³-hybridized carbons (Fsp3) is 0.308. The summed E-state index contributed by atoms with van der Waals surface area (Å²) < 4.78 is 31.9. The standard InChI is InChI=1S/C13H17N3O3S2/c1-9-16-10(8-20-9)5-6-15-21(17,18)13-4-3-11(19-2)7-12(13)14/h3-4,7-8,15H,5-6,14H2,1-2H3. The number of anilines is 1. The molecule has 3 N–H and O–H groups in total. The molecule has 0 saturated heterocycles. The number of benzene rings is 1. The van der Waals surface area contributed by atoms with Crippen LogP contribution in [0.15, 0.2) is 28.5 Å². The molecule has 6 nitrogen and oxygen atoms in total. The van der Waals surface area contributed by atoms with Crippen LogP contribution < -0.4 is 15.2 Å². The van der Waals surface area contributed by atoms with Crippen LogP contribution in [0.5, 0.6) is 5.75 Å². The van der Waals surface area contributed by atoms with Gasteiger partial charge in [0, 0.05) is 24.4 Å². The normalized spacial score (nSPS) is 11.5. The van der Waals surface area contributed by atoms with Gasteiger partial charge in [-0.2, -0.15) is 0 Å². The smallest absolute Gasteiger partial charge is 0.242 e. The first-order chi connectivity index (χ1) is 9.92. The van der Waals surface area contributed by atoms with Gasteiger partial charge in [0.25, 0.3) is 0 Å². The zero-order chi connectivity index (χ0) is 15.5. The number of hydrogen-bond donors (Lipinski definition) is 2. The maximum Gasteiger partial charge on any atom is 0.242 e. The average molecular weight is 327 g/mol. The Kier molecular flexibility index (Phi) is 4.81. The zero-order valence-corrected chi connectivity index (χ0v) is 13.4. The number of hydrogen-bond acceptors (Lipinski definition) is 6. The molecule has 0 aliphatic heterocycles. The van der Waals surface area contributed by atoms with Crippen LogP contribution in [0, 0.1) is 6.92 Å². The number of ether oxygens (including phenoxy) is 1. The van der Waals surface area contributed by atoms with Crippen molar-refractivity contribution in [2.75, 3.05) is 19.4 Å². The minimum atomic E-state index is -3.63. The third-order valence-corrected chi connectivity index (χ3v) is 5.20. The monoisotopic (exact) mass is 327 g/mol. The molecule has 114 valence electrons. The highest BCUT2D eigenvalue weighted by atomic mass is 32.2. The minimum Gasteiger partial charge on any atom is -0.497 e. The van der Waals surface area contributed by atoms with Gasteiger partial charge in [0.2, 0.25) is 10.0 Å². The Bertz CT molecular complexity index is 726. The van der Waals surface area contributed by atoms with E-state index >= 15 is 0 Å². The molecule has 0 unspecified atom stereocenters. The maximum absolute atomic E-state index is 12.2. The Balaban J connectivity index is 2.04. The lowest BCUT2D eigenvalue weighted by molar-refractivity contribution is 0.414. The second-order valence-electron chi connectivity index (χ2n) is 4.41. The second-order valence-corrected chi connectivity index (χ2v) is 7.21. The predicted molar refractivity (Wildman–Crippen MR) is 83.1 cm³/mol. The van der Waals surface area contributed by atoms with Gasteiger partial charge >= 0.3 is 0 Å². The SMILES string of the molecule is COc1ccc(S(=O)(=O)NCCc2csc(C)n2)c(N)c1. The van der Waals surface area contributed by atoms with Crippen molar-refractivity contribution in [2.24, 2.45) is 0 Å². The van der Waals surface area contributed by atoms with E-state index in [1.807, 2.05) is 12.3 Å². The van der Waals surface area contributed by atoms with Crippen LogP contribution in [0.4, 0.5) is 5.69 Å². The predicted octanol–water partition coefficient (Wildman–Crippen LogP) is 1.56. The van der Waals surface area contributed by atoms with E-state index in [0.29, 0.717) is 12.2 Å². The highest BCUT2D eigenvalue weighted by Gasteiger charge is 2.17. The molecule has 21 heavy (non-hydrogen) atoms. The number of nitrogens with one attached hydrogen (secondary N) is 1. The van der Waals surface area contributed by atoms with Gasteiger partial charge in [0.15, 0.2) is 0 Å². The van der Waals surface area contributed by atoms with E-state index in [2.05, 4.69) is 9.71 Å². The molecule has 1 aromatic heterocycles. The molecule has 0 radical (unpaired) electrons. The number of nitrogens with zero attached hydrogens (tertiary/aromatic N) is 1.